The van der Waals surface area contributed by atoms with Crippen LogP contribution in [0.1, 0.15) is 39.7 Å². The highest BCUT2D eigenvalue weighted by Gasteiger charge is 2.74. The number of hydrogen-bond donors (Lipinski definition) is 2. The molecule has 0 aromatic heterocycles. The number of para-hydroxylation sites is 1. The van der Waals surface area contributed by atoms with Gasteiger partial charge in [0.25, 0.3) is 5.91 Å². The number of rotatable bonds is 3. The lowest BCUT2D eigenvalue weighted by Crippen LogP contribution is -2.99. The number of fused-ring (bicyclic) bond motifs is 4. The van der Waals surface area contributed by atoms with Crippen molar-refractivity contribution >= 4 is 23.4 Å². The van der Waals surface area contributed by atoms with Gasteiger partial charge in [-0.1, -0.05) is 39.0 Å². The molecule has 0 radical (unpaired) electrons. The molecule has 0 saturated carbocycles. The molecule has 1 aromatic carbocycles. The van der Waals surface area contributed by atoms with Crippen molar-refractivity contribution in [1.82, 2.24) is 4.90 Å². The molecule has 1 aromatic rings. The summed E-state index contributed by atoms with van der Waals surface area (Å²) < 4.78 is 0. The Balaban J connectivity index is 1.90. The van der Waals surface area contributed by atoms with Crippen LogP contribution in [0.3, 0.4) is 0 Å². The molecule has 4 rings (SSSR count). The van der Waals surface area contributed by atoms with E-state index in [0.29, 0.717) is 6.42 Å². The summed E-state index contributed by atoms with van der Waals surface area (Å²) in [6, 6.07) is 7.29. The van der Waals surface area contributed by atoms with E-state index in [0.717, 1.165) is 11.3 Å². The van der Waals surface area contributed by atoms with Gasteiger partial charge in [0.1, 0.15) is 17.9 Å². The van der Waals surface area contributed by atoms with Gasteiger partial charge in [-0.3, -0.25) is 19.3 Å². The summed E-state index contributed by atoms with van der Waals surface area (Å²) in [5.74, 6) is -1.40. The van der Waals surface area contributed by atoms with Crippen molar-refractivity contribution in [2.75, 3.05) is 5.32 Å². The fourth-order valence-electron chi connectivity index (χ4n) is 5.09. The molecule has 5 atom stereocenters. The molecule has 2 saturated heterocycles. The highest BCUT2D eigenvalue weighted by atomic mass is 16.2. The number of anilines is 1. The number of quaternary nitrogens is 1. The van der Waals surface area contributed by atoms with Crippen LogP contribution in [0.5, 0.6) is 0 Å². The molecule has 3 N–H and O–H groups in total. The minimum atomic E-state index is -1.04. The first kappa shape index (κ1) is 17.2. The van der Waals surface area contributed by atoms with E-state index in [1.807, 2.05) is 43.4 Å². The average molecular weight is 356 g/mol. The standard InChI is InChI=1S/C20H25N3O3/c1-5-11(4)23-17(24)14-15(18(23)25)20(22-16(14)10(2)3)12-8-6-7-9-13(12)21-19(20)26/h6-11,14-16,22H,5H2,1-4H3,(H,21,26)/p+1/t11-,14+,15+,16-,20+/m1/s1. The molecule has 6 nitrogen and oxygen atoms in total. The van der Waals surface area contributed by atoms with E-state index in [1.165, 1.54) is 4.90 Å². The average Bonchev–Trinajstić information content (AvgIpc) is 3.20. The maximum absolute atomic E-state index is 13.4. The summed E-state index contributed by atoms with van der Waals surface area (Å²) in [7, 11) is 0. The molecule has 0 bridgehead atoms. The zero-order chi connectivity index (χ0) is 18.8. The summed E-state index contributed by atoms with van der Waals surface area (Å²) in [4.78, 5) is 41.2. The molecular weight excluding hydrogens is 330 g/mol. The monoisotopic (exact) mass is 356 g/mol. The number of carbonyl (C=O) groups is 3. The first-order valence-electron chi connectivity index (χ1n) is 9.48. The largest absolute Gasteiger partial charge is 0.326 e. The van der Waals surface area contributed by atoms with Crippen LogP contribution in [-0.4, -0.2) is 34.7 Å². The van der Waals surface area contributed by atoms with Crippen molar-refractivity contribution in [2.24, 2.45) is 17.8 Å². The Hall–Kier alpha value is -2.21. The Kier molecular flexibility index (Phi) is 3.74. The number of nitrogens with zero attached hydrogens (tertiary/aromatic N) is 1. The molecule has 3 aliphatic rings. The second-order valence-electron chi connectivity index (χ2n) is 8.16. The molecule has 2 fully saturated rings. The van der Waals surface area contributed by atoms with Crippen molar-refractivity contribution in [3.63, 3.8) is 0 Å². The SMILES string of the molecule is CC[C@@H](C)N1C(=O)[C@@H]2[C@@H](C(C)C)[NH2+][C@]3(C(=O)Nc4ccccc43)[C@@H]2C1=O. The van der Waals surface area contributed by atoms with Crippen molar-refractivity contribution in [3.8, 4) is 0 Å². The number of hydrogen-bond acceptors (Lipinski definition) is 3. The molecule has 3 aliphatic heterocycles. The topological polar surface area (TPSA) is 83.1 Å². The van der Waals surface area contributed by atoms with E-state index in [-0.39, 0.29) is 35.7 Å². The summed E-state index contributed by atoms with van der Waals surface area (Å²) in [6.45, 7) is 7.98. The fraction of sp³-hybridized carbons (Fsp3) is 0.550. The molecular formula is C20H26N3O3+. The van der Waals surface area contributed by atoms with Gasteiger partial charge in [-0.25, -0.2) is 0 Å². The molecule has 0 unspecified atom stereocenters. The third kappa shape index (κ3) is 1.93. The highest BCUT2D eigenvalue weighted by molar-refractivity contribution is 6.14. The Morgan fingerprint density at radius 3 is 2.50 bits per heavy atom. The zero-order valence-corrected chi connectivity index (χ0v) is 15.7. The van der Waals surface area contributed by atoms with Crippen LogP contribution in [0.15, 0.2) is 24.3 Å². The Bertz CT molecular complexity index is 805. The van der Waals surface area contributed by atoms with Gasteiger partial charge < -0.3 is 10.6 Å². The number of carbonyl (C=O) groups excluding carboxylic acids is 3. The third-order valence-corrected chi connectivity index (χ3v) is 6.54. The maximum atomic E-state index is 13.4. The van der Waals surface area contributed by atoms with Gasteiger partial charge in [-0.2, -0.15) is 0 Å². The lowest BCUT2D eigenvalue weighted by Gasteiger charge is -2.29. The van der Waals surface area contributed by atoms with E-state index in [4.69, 9.17) is 0 Å². The van der Waals surface area contributed by atoms with Crippen LogP contribution in [0.2, 0.25) is 0 Å². The maximum Gasteiger partial charge on any atom is 0.291 e. The second-order valence-corrected chi connectivity index (χ2v) is 8.16. The van der Waals surface area contributed by atoms with Crippen molar-refractivity contribution in [3.05, 3.63) is 29.8 Å². The molecule has 6 heteroatoms. The number of nitrogens with two attached hydrogens (primary N) is 1. The smallest absolute Gasteiger partial charge is 0.291 e. The molecule has 1 spiro atoms. The molecule has 0 aliphatic carbocycles. The second kappa shape index (κ2) is 5.64. The van der Waals surface area contributed by atoms with E-state index in [1.54, 1.807) is 0 Å². The summed E-state index contributed by atoms with van der Waals surface area (Å²) in [6.07, 6.45) is 0.711. The highest BCUT2D eigenvalue weighted by Crippen LogP contribution is 2.50. The van der Waals surface area contributed by atoms with Crippen LogP contribution in [0, 0.1) is 17.8 Å². The number of amides is 3. The van der Waals surface area contributed by atoms with E-state index >= 15 is 0 Å². The Labute approximate surface area is 153 Å². The quantitative estimate of drug-likeness (QED) is 0.787. The van der Waals surface area contributed by atoms with Crippen LogP contribution in [0.4, 0.5) is 5.69 Å². The predicted octanol–water partition coefficient (Wildman–Crippen LogP) is 0.835. The van der Waals surface area contributed by atoms with Crippen molar-refractivity contribution < 1.29 is 19.7 Å². The predicted molar refractivity (Wildman–Crippen MR) is 95.9 cm³/mol. The van der Waals surface area contributed by atoms with Gasteiger partial charge in [0.2, 0.25) is 17.4 Å². The van der Waals surface area contributed by atoms with Gasteiger partial charge >= 0.3 is 0 Å². The molecule has 3 heterocycles. The minimum absolute atomic E-state index is 0.0950. The lowest BCUT2D eigenvalue weighted by molar-refractivity contribution is -0.738. The van der Waals surface area contributed by atoms with Crippen LogP contribution in [0.25, 0.3) is 0 Å². The van der Waals surface area contributed by atoms with Crippen LogP contribution >= 0.6 is 0 Å². The Morgan fingerprint density at radius 1 is 1.15 bits per heavy atom. The van der Waals surface area contributed by atoms with Gasteiger partial charge in [-0.15, -0.1) is 0 Å². The third-order valence-electron chi connectivity index (χ3n) is 6.54. The number of benzene rings is 1. The van der Waals surface area contributed by atoms with E-state index < -0.39 is 17.4 Å². The van der Waals surface area contributed by atoms with Crippen LogP contribution < -0.4 is 10.6 Å². The zero-order valence-electron chi connectivity index (χ0n) is 15.7. The van der Waals surface area contributed by atoms with Gasteiger partial charge in [0.15, 0.2) is 0 Å². The fourth-order valence-corrected chi connectivity index (χ4v) is 5.09. The lowest BCUT2D eigenvalue weighted by atomic mass is 9.76. The number of imide groups is 1. The summed E-state index contributed by atoms with van der Waals surface area (Å²) in [5.41, 5.74) is 0.542. The molecule has 138 valence electrons. The summed E-state index contributed by atoms with van der Waals surface area (Å²) >= 11 is 0. The van der Waals surface area contributed by atoms with Gasteiger partial charge in [0, 0.05) is 17.5 Å². The van der Waals surface area contributed by atoms with E-state index in [9.17, 15) is 14.4 Å². The minimum Gasteiger partial charge on any atom is -0.326 e. The number of likely N-dealkylation sites (tertiary alicyclic amines) is 1. The van der Waals surface area contributed by atoms with Gasteiger partial charge in [-0.05, 0) is 19.4 Å². The molecule has 26 heavy (non-hydrogen) atoms. The van der Waals surface area contributed by atoms with Crippen LogP contribution in [-0.2, 0) is 19.9 Å². The normalized spacial score (nSPS) is 33.8. The first-order valence-corrected chi connectivity index (χ1v) is 9.48. The van der Waals surface area contributed by atoms with Crippen molar-refractivity contribution in [1.29, 1.82) is 0 Å². The molecule has 3 amide bonds. The Morgan fingerprint density at radius 2 is 1.85 bits per heavy atom. The van der Waals surface area contributed by atoms with E-state index in [2.05, 4.69) is 19.2 Å². The van der Waals surface area contributed by atoms with Crippen molar-refractivity contribution in [2.45, 2.75) is 51.7 Å². The number of nitrogens with one attached hydrogen (secondary N) is 1. The first-order chi connectivity index (χ1) is 12.3. The summed E-state index contributed by atoms with van der Waals surface area (Å²) in [5, 5.41) is 4.94. The van der Waals surface area contributed by atoms with Gasteiger partial charge in [0.05, 0.1) is 5.69 Å².